The Morgan fingerprint density at radius 2 is 1.89 bits per heavy atom. The molecule has 0 saturated carbocycles. The van der Waals surface area contributed by atoms with E-state index in [1.807, 2.05) is 0 Å². The van der Waals surface area contributed by atoms with Crippen molar-refractivity contribution < 1.29 is 14.4 Å². The van der Waals surface area contributed by atoms with Gasteiger partial charge in [-0.1, -0.05) is 23.7 Å². The van der Waals surface area contributed by atoms with Gasteiger partial charge >= 0.3 is 6.03 Å². The fourth-order valence-corrected chi connectivity index (χ4v) is 2.17. The molecule has 19 heavy (non-hydrogen) atoms. The van der Waals surface area contributed by atoms with E-state index in [2.05, 4.69) is 5.32 Å². The number of amides is 3. The summed E-state index contributed by atoms with van der Waals surface area (Å²) >= 11 is 5.80. The van der Waals surface area contributed by atoms with Crippen molar-refractivity contribution in [1.29, 1.82) is 0 Å². The second-order valence-corrected chi connectivity index (χ2v) is 5.09. The number of benzene rings is 1. The molecular formula is C13H13ClN2O3. The van der Waals surface area contributed by atoms with E-state index in [4.69, 9.17) is 11.6 Å². The minimum atomic E-state index is -1.16. The van der Waals surface area contributed by atoms with Crippen LogP contribution in [0.1, 0.15) is 19.4 Å². The van der Waals surface area contributed by atoms with Crippen molar-refractivity contribution in [3.63, 3.8) is 0 Å². The van der Waals surface area contributed by atoms with E-state index in [-0.39, 0.29) is 12.3 Å². The first kappa shape index (κ1) is 13.5. The zero-order valence-electron chi connectivity index (χ0n) is 10.6. The Balaban J connectivity index is 2.35. The molecule has 1 saturated heterocycles. The van der Waals surface area contributed by atoms with Crippen LogP contribution in [0.15, 0.2) is 24.3 Å². The summed E-state index contributed by atoms with van der Waals surface area (Å²) in [5.74, 6) is -0.682. The minimum Gasteiger partial charge on any atom is -0.319 e. The van der Waals surface area contributed by atoms with Crippen molar-refractivity contribution in [1.82, 2.24) is 10.2 Å². The highest BCUT2D eigenvalue weighted by Gasteiger charge is 2.49. The van der Waals surface area contributed by atoms with Crippen LogP contribution in [0, 0.1) is 0 Å². The quantitative estimate of drug-likeness (QED) is 0.857. The number of carbonyl (C=O) groups is 3. The first-order valence-electron chi connectivity index (χ1n) is 5.74. The van der Waals surface area contributed by atoms with Gasteiger partial charge in [-0.15, -0.1) is 0 Å². The van der Waals surface area contributed by atoms with Gasteiger partial charge < -0.3 is 5.32 Å². The number of nitrogens with zero attached hydrogens (tertiary/aromatic N) is 1. The zero-order valence-corrected chi connectivity index (χ0v) is 11.3. The van der Waals surface area contributed by atoms with Crippen LogP contribution in [0.3, 0.4) is 0 Å². The molecule has 2 rings (SSSR count). The standard InChI is InChI=1S/C13H13ClN2O3/c1-8(17)7-16-11(18)13(2,15-12(16)19)9-3-5-10(14)6-4-9/h3-6H,7H2,1-2H3,(H,15,19). The number of nitrogens with one attached hydrogen (secondary N) is 1. The second kappa shape index (κ2) is 4.66. The lowest BCUT2D eigenvalue weighted by Crippen LogP contribution is -2.41. The predicted octanol–water partition coefficient (Wildman–Crippen LogP) is 1.70. The summed E-state index contributed by atoms with van der Waals surface area (Å²) in [6, 6.07) is 6.10. The number of carbonyl (C=O) groups excluding carboxylic acids is 3. The van der Waals surface area contributed by atoms with E-state index in [0.717, 1.165) is 4.90 Å². The Hall–Kier alpha value is -1.88. The van der Waals surface area contributed by atoms with E-state index in [0.29, 0.717) is 10.6 Å². The number of ketones is 1. The number of halogens is 1. The predicted molar refractivity (Wildman–Crippen MR) is 69.7 cm³/mol. The van der Waals surface area contributed by atoms with Gasteiger partial charge in [0.05, 0.1) is 6.54 Å². The van der Waals surface area contributed by atoms with E-state index in [1.54, 1.807) is 31.2 Å². The molecule has 1 atom stereocenters. The van der Waals surface area contributed by atoms with Gasteiger partial charge in [0.2, 0.25) is 0 Å². The van der Waals surface area contributed by atoms with Gasteiger partial charge in [0, 0.05) is 5.02 Å². The summed E-state index contributed by atoms with van der Waals surface area (Å²) in [5.41, 5.74) is -0.529. The molecule has 0 bridgehead atoms. The fourth-order valence-electron chi connectivity index (χ4n) is 2.04. The number of hydrogen-bond acceptors (Lipinski definition) is 3. The molecule has 1 fully saturated rings. The minimum absolute atomic E-state index is 0.214. The summed E-state index contributed by atoms with van der Waals surface area (Å²) in [6.07, 6.45) is 0. The molecule has 1 N–H and O–H groups in total. The van der Waals surface area contributed by atoms with Crippen LogP contribution in [-0.2, 0) is 15.1 Å². The first-order chi connectivity index (χ1) is 8.84. The number of hydrogen-bond donors (Lipinski definition) is 1. The SMILES string of the molecule is CC(=O)CN1C(=O)NC(C)(c2ccc(Cl)cc2)C1=O. The van der Waals surface area contributed by atoms with Crippen molar-refractivity contribution in [2.24, 2.45) is 0 Å². The lowest BCUT2D eigenvalue weighted by atomic mass is 9.92. The lowest BCUT2D eigenvalue weighted by molar-refractivity contribution is -0.133. The lowest BCUT2D eigenvalue weighted by Gasteiger charge is -2.22. The smallest absolute Gasteiger partial charge is 0.319 e. The van der Waals surface area contributed by atoms with Crippen LogP contribution >= 0.6 is 11.6 Å². The van der Waals surface area contributed by atoms with Crippen LogP contribution in [0.5, 0.6) is 0 Å². The van der Waals surface area contributed by atoms with Crippen molar-refractivity contribution in [3.05, 3.63) is 34.9 Å². The highest BCUT2D eigenvalue weighted by atomic mass is 35.5. The molecule has 3 amide bonds. The normalized spacial score (nSPS) is 22.6. The topological polar surface area (TPSA) is 66.5 Å². The van der Waals surface area contributed by atoms with Gasteiger partial charge in [0.25, 0.3) is 5.91 Å². The van der Waals surface area contributed by atoms with Crippen LogP contribution in [0.2, 0.25) is 5.02 Å². The molecule has 6 heteroatoms. The molecular weight excluding hydrogens is 268 g/mol. The maximum Gasteiger partial charge on any atom is 0.325 e. The Bertz CT molecular complexity index is 556. The molecule has 1 unspecified atom stereocenters. The van der Waals surface area contributed by atoms with Gasteiger partial charge in [-0.25, -0.2) is 4.79 Å². The Morgan fingerprint density at radius 3 is 2.42 bits per heavy atom. The second-order valence-electron chi connectivity index (χ2n) is 4.66. The first-order valence-corrected chi connectivity index (χ1v) is 6.12. The van der Waals surface area contributed by atoms with Crippen LogP contribution in [0.25, 0.3) is 0 Å². The summed E-state index contributed by atoms with van der Waals surface area (Å²) in [7, 11) is 0. The summed E-state index contributed by atoms with van der Waals surface area (Å²) in [4.78, 5) is 36.1. The number of imide groups is 1. The molecule has 1 heterocycles. The third kappa shape index (κ3) is 2.33. The van der Waals surface area contributed by atoms with Crippen molar-refractivity contribution in [3.8, 4) is 0 Å². The monoisotopic (exact) mass is 280 g/mol. The number of urea groups is 1. The average Bonchev–Trinajstić information content (AvgIpc) is 2.54. The largest absolute Gasteiger partial charge is 0.325 e. The number of Topliss-reactive ketones (excluding diaryl/α,β-unsaturated/α-hetero) is 1. The van der Waals surface area contributed by atoms with Gasteiger partial charge in [-0.05, 0) is 31.5 Å². The summed E-state index contributed by atoms with van der Waals surface area (Å²) in [5, 5.41) is 3.16. The zero-order chi connectivity index (χ0) is 14.2. The van der Waals surface area contributed by atoms with E-state index < -0.39 is 17.5 Å². The molecule has 0 aromatic heterocycles. The van der Waals surface area contributed by atoms with Crippen molar-refractivity contribution in [2.75, 3.05) is 6.54 Å². The number of rotatable bonds is 3. The Morgan fingerprint density at radius 1 is 1.32 bits per heavy atom. The van der Waals surface area contributed by atoms with Crippen molar-refractivity contribution >= 4 is 29.3 Å². The molecule has 1 aromatic rings. The fraction of sp³-hybridized carbons (Fsp3) is 0.308. The van der Waals surface area contributed by atoms with Crippen molar-refractivity contribution in [2.45, 2.75) is 19.4 Å². The Labute approximate surface area is 115 Å². The highest BCUT2D eigenvalue weighted by molar-refractivity contribution is 6.30. The maximum absolute atomic E-state index is 12.3. The van der Waals surface area contributed by atoms with Gasteiger partial charge in [-0.2, -0.15) is 0 Å². The van der Waals surface area contributed by atoms with E-state index in [1.165, 1.54) is 6.92 Å². The maximum atomic E-state index is 12.3. The average molecular weight is 281 g/mol. The third-order valence-electron chi connectivity index (χ3n) is 3.08. The van der Waals surface area contributed by atoms with Crippen LogP contribution in [0.4, 0.5) is 4.79 Å². The third-order valence-corrected chi connectivity index (χ3v) is 3.33. The molecule has 5 nitrogen and oxygen atoms in total. The van der Waals surface area contributed by atoms with E-state index in [9.17, 15) is 14.4 Å². The molecule has 1 aromatic carbocycles. The van der Waals surface area contributed by atoms with Crippen LogP contribution < -0.4 is 5.32 Å². The molecule has 100 valence electrons. The van der Waals surface area contributed by atoms with Crippen LogP contribution in [-0.4, -0.2) is 29.2 Å². The molecule has 1 aliphatic heterocycles. The molecule has 0 aliphatic carbocycles. The van der Waals surface area contributed by atoms with E-state index >= 15 is 0 Å². The molecule has 1 aliphatic rings. The molecule has 0 spiro atoms. The summed E-state index contributed by atoms with van der Waals surface area (Å²) < 4.78 is 0. The summed E-state index contributed by atoms with van der Waals surface area (Å²) in [6.45, 7) is 2.73. The Kier molecular flexibility index (Phi) is 3.32. The van der Waals surface area contributed by atoms with Gasteiger partial charge in [0.15, 0.2) is 0 Å². The molecule has 0 radical (unpaired) electrons. The highest BCUT2D eigenvalue weighted by Crippen LogP contribution is 2.29. The van der Waals surface area contributed by atoms with Gasteiger partial charge in [0.1, 0.15) is 11.3 Å². The van der Waals surface area contributed by atoms with Gasteiger partial charge in [-0.3, -0.25) is 14.5 Å².